The van der Waals surface area contributed by atoms with Gasteiger partial charge in [-0.15, -0.1) is 0 Å². The molecule has 0 radical (unpaired) electrons. The van der Waals surface area contributed by atoms with E-state index in [4.69, 9.17) is 4.42 Å². The second kappa shape index (κ2) is 7.08. The maximum absolute atomic E-state index is 12.8. The number of rotatable bonds is 4. The van der Waals surface area contributed by atoms with Gasteiger partial charge in [-0.25, -0.2) is 4.68 Å². The molecular formula is C22H19N3O3. The molecule has 2 aromatic carbocycles. The molecule has 140 valence electrons. The molecule has 0 spiro atoms. The summed E-state index contributed by atoms with van der Waals surface area (Å²) in [6, 6.07) is 18.8. The van der Waals surface area contributed by atoms with Gasteiger partial charge in [0, 0.05) is 18.5 Å². The summed E-state index contributed by atoms with van der Waals surface area (Å²) in [5.41, 5.74) is 2.13. The van der Waals surface area contributed by atoms with Crippen molar-refractivity contribution < 1.29 is 9.21 Å². The molecule has 1 N–H and O–H groups in total. The highest BCUT2D eigenvalue weighted by atomic mass is 16.3. The lowest BCUT2D eigenvalue weighted by Crippen LogP contribution is -2.22. The SMILES string of the molecule is Cc1c(NC(=O)/C=C/c2cc3ccccc3o2)c(=O)n(-c2ccccc2)n1C. The number of benzene rings is 2. The third-order valence-electron chi connectivity index (χ3n) is 4.65. The number of furan rings is 1. The number of carbonyl (C=O) groups excluding carboxylic acids is 1. The molecule has 0 aliphatic rings. The van der Waals surface area contributed by atoms with Gasteiger partial charge in [0.1, 0.15) is 17.0 Å². The molecule has 0 aliphatic heterocycles. The molecule has 4 rings (SSSR count). The summed E-state index contributed by atoms with van der Waals surface area (Å²) >= 11 is 0. The number of fused-ring (bicyclic) bond motifs is 1. The summed E-state index contributed by atoms with van der Waals surface area (Å²) in [5, 5.41) is 3.66. The smallest absolute Gasteiger partial charge is 0.295 e. The van der Waals surface area contributed by atoms with E-state index in [-0.39, 0.29) is 11.2 Å². The van der Waals surface area contributed by atoms with Crippen molar-refractivity contribution in [3.05, 3.63) is 88.5 Å². The Hall–Kier alpha value is -3.80. The van der Waals surface area contributed by atoms with E-state index in [9.17, 15) is 9.59 Å². The Morgan fingerprint density at radius 3 is 2.54 bits per heavy atom. The van der Waals surface area contributed by atoms with Gasteiger partial charge in [0.05, 0.1) is 11.4 Å². The molecule has 0 saturated carbocycles. The molecule has 28 heavy (non-hydrogen) atoms. The van der Waals surface area contributed by atoms with Crippen molar-refractivity contribution in [1.29, 1.82) is 0 Å². The van der Waals surface area contributed by atoms with E-state index in [2.05, 4.69) is 5.32 Å². The van der Waals surface area contributed by atoms with Gasteiger partial charge >= 0.3 is 0 Å². The summed E-state index contributed by atoms with van der Waals surface area (Å²) in [6.07, 6.45) is 2.94. The topological polar surface area (TPSA) is 69.2 Å². The van der Waals surface area contributed by atoms with E-state index in [0.717, 1.165) is 16.7 Å². The Kier molecular flexibility index (Phi) is 4.45. The summed E-state index contributed by atoms with van der Waals surface area (Å²) in [4.78, 5) is 25.2. The number of nitrogens with one attached hydrogen (secondary N) is 1. The first-order valence-corrected chi connectivity index (χ1v) is 8.86. The van der Waals surface area contributed by atoms with Crippen LogP contribution in [0.1, 0.15) is 11.5 Å². The van der Waals surface area contributed by atoms with Gasteiger partial charge in [0.25, 0.3) is 5.56 Å². The van der Waals surface area contributed by atoms with Crippen LogP contribution in [0.4, 0.5) is 5.69 Å². The maximum atomic E-state index is 12.8. The minimum absolute atomic E-state index is 0.255. The maximum Gasteiger partial charge on any atom is 0.295 e. The molecule has 0 saturated heterocycles. The number of amides is 1. The van der Waals surface area contributed by atoms with Crippen LogP contribution < -0.4 is 10.9 Å². The fourth-order valence-corrected chi connectivity index (χ4v) is 3.12. The summed E-state index contributed by atoms with van der Waals surface area (Å²) in [6.45, 7) is 1.79. The number of para-hydroxylation sites is 2. The predicted octanol–water partition coefficient (Wildman–Crippen LogP) is 3.88. The number of hydrogen-bond acceptors (Lipinski definition) is 3. The summed E-state index contributed by atoms with van der Waals surface area (Å²) in [5.74, 6) is 0.175. The fourth-order valence-electron chi connectivity index (χ4n) is 3.12. The Labute approximate surface area is 161 Å². The molecule has 2 heterocycles. The van der Waals surface area contributed by atoms with E-state index < -0.39 is 5.91 Å². The number of nitrogens with zero attached hydrogens (tertiary/aromatic N) is 2. The lowest BCUT2D eigenvalue weighted by atomic mass is 10.2. The van der Waals surface area contributed by atoms with Gasteiger partial charge in [-0.3, -0.25) is 14.3 Å². The molecule has 6 nitrogen and oxygen atoms in total. The third kappa shape index (κ3) is 3.16. The van der Waals surface area contributed by atoms with Crippen LogP contribution in [-0.2, 0) is 11.8 Å². The molecule has 0 fully saturated rings. The lowest BCUT2D eigenvalue weighted by molar-refractivity contribution is -0.111. The molecule has 6 heteroatoms. The van der Waals surface area contributed by atoms with Crippen molar-refractivity contribution in [3.63, 3.8) is 0 Å². The standard InChI is InChI=1S/C22H19N3O3/c1-15-21(22(27)25(24(15)2)17-9-4-3-5-10-17)23-20(26)13-12-18-14-16-8-6-7-11-19(16)28-18/h3-14H,1-2H3,(H,23,26)/b13-12+. The number of hydrogen-bond donors (Lipinski definition) is 1. The second-order valence-electron chi connectivity index (χ2n) is 6.45. The van der Waals surface area contributed by atoms with Crippen molar-refractivity contribution >= 4 is 28.6 Å². The first-order valence-electron chi connectivity index (χ1n) is 8.86. The van der Waals surface area contributed by atoms with Crippen LogP contribution in [0.5, 0.6) is 0 Å². The second-order valence-corrected chi connectivity index (χ2v) is 6.45. The third-order valence-corrected chi connectivity index (χ3v) is 4.65. The highest BCUT2D eigenvalue weighted by Crippen LogP contribution is 2.20. The zero-order valence-corrected chi connectivity index (χ0v) is 15.5. The quantitative estimate of drug-likeness (QED) is 0.552. The highest BCUT2D eigenvalue weighted by Gasteiger charge is 2.17. The number of carbonyl (C=O) groups is 1. The van der Waals surface area contributed by atoms with Crippen LogP contribution >= 0.6 is 0 Å². The van der Waals surface area contributed by atoms with Crippen LogP contribution in [0, 0.1) is 6.92 Å². The number of aromatic nitrogens is 2. The first-order chi connectivity index (χ1) is 13.5. The number of anilines is 1. The van der Waals surface area contributed by atoms with Crippen LogP contribution in [0.15, 0.2) is 76.0 Å². The molecule has 0 aliphatic carbocycles. The molecule has 4 aromatic rings. The minimum Gasteiger partial charge on any atom is -0.457 e. The average molecular weight is 373 g/mol. The van der Waals surface area contributed by atoms with Gasteiger partial charge in [0.15, 0.2) is 0 Å². The van der Waals surface area contributed by atoms with Crippen molar-refractivity contribution in [3.8, 4) is 5.69 Å². The summed E-state index contributed by atoms with van der Waals surface area (Å²) in [7, 11) is 1.78. The van der Waals surface area contributed by atoms with Crippen molar-refractivity contribution in [1.82, 2.24) is 9.36 Å². The minimum atomic E-state index is -0.397. The monoisotopic (exact) mass is 373 g/mol. The van der Waals surface area contributed by atoms with E-state index in [1.54, 1.807) is 24.7 Å². The Morgan fingerprint density at radius 2 is 1.79 bits per heavy atom. The van der Waals surface area contributed by atoms with Gasteiger partial charge in [0.2, 0.25) is 5.91 Å². The van der Waals surface area contributed by atoms with Gasteiger partial charge in [-0.1, -0.05) is 36.4 Å². The van der Waals surface area contributed by atoms with Gasteiger partial charge in [-0.2, -0.15) is 0 Å². The van der Waals surface area contributed by atoms with E-state index >= 15 is 0 Å². The largest absolute Gasteiger partial charge is 0.457 e. The van der Waals surface area contributed by atoms with Crippen LogP contribution in [0.2, 0.25) is 0 Å². The van der Waals surface area contributed by atoms with E-state index in [1.165, 1.54) is 10.8 Å². The molecule has 0 bridgehead atoms. The van der Waals surface area contributed by atoms with Crippen molar-refractivity contribution in [2.45, 2.75) is 6.92 Å². The lowest BCUT2D eigenvalue weighted by Gasteiger charge is -2.07. The zero-order chi connectivity index (χ0) is 19.7. The van der Waals surface area contributed by atoms with Crippen LogP contribution in [-0.4, -0.2) is 15.3 Å². The summed E-state index contributed by atoms with van der Waals surface area (Å²) < 4.78 is 8.90. The zero-order valence-electron chi connectivity index (χ0n) is 15.5. The molecule has 0 unspecified atom stereocenters. The average Bonchev–Trinajstić information content (AvgIpc) is 3.21. The normalized spacial score (nSPS) is 11.4. The molecular weight excluding hydrogens is 354 g/mol. The van der Waals surface area contributed by atoms with Crippen LogP contribution in [0.25, 0.3) is 22.7 Å². The Bertz CT molecular complexity index is 1210. The highest BCUT2D eigenvalue weighted by molar-refractivity contribution is 6.02. The molecule has 0 atom stereocenters. The van der Waals surface area contributed by atoms with E-state index in [0.29, 0.717) is 11.5 Å². The predicted molar refractivity (Wildman–Crippen MR) is 110 cm³/mol. The fraction of sp³-hybridized carbons (Fsp3) is 0.0909. The Balaban J connectivity index is 1.59. The van der Waals surface area contributed by atoms with Crippen molar-refractivity contribution in [2.75, 3.05) is 5.32 Å². The molecule has 2 aromatic heterocycles. The van der Waals surface area contributed by atoms with Crippen LogP contribution in [0.3, 0.4) is 0 Å². The molecule has 1 amide bonds. The Morgan fingerprint density at radius 1 is 1.07 bits per heavy atom. The van der Waals surface area contributed by atoms with Crippen molar-refractivity contribution in [2.24, 2.45) is 7.05 Å². The van der Waals surface area contributed by atoms with E-state index in [1.807, 2.05) is 60.7 Å². The first kappa shape index (κ1) is 17.6. The van der Waals surface area contributed by atoms with Gasteiger partial charge < -0.3 is 9.73 Å². The van der Waals surface area contributed by atoms with Gasteiger partial charge in [-0.05, 0) is 37.3 Å².